The van der Waals surface area contributed by atoms with Gasteiger partial charge in [-0.1, -0.05) is 0 Å². The van der Waals surface area contributed by atoms with E-state index in [0.29, 0.717) is 24.8 Å². The van der Waals surface area contributed by atoms with Crippen molar-refractivity contribution < 1.29 is 14.3 Å². The van der Waals surface area contributed by atoms with Gasteiger partial charge in [0.05, 0.1) is 5.60 Å². The maximum absolute atomic E-state index is 13.4. The number of hydrogen-bond acceptors (Lipinski definition) is 3. The standard InChI is InChI=1S/C14H18FNO2/c1-14(18)3-2-5-16(6-4-14)13-8-11(10-17)7-12(15)9-13/h7-10,18H,2-6H2,1H3. The van der Waals surface area contributed by atoms with Crippen LogP contribution in [0.1, 0.15) is 36.5 Å². The zero-order valence-corrected chi connectivity index (χ0v) is 10.5. The van der Waals surface area contributed by atoms with Gasteiger partial charge in [0.1, 0.15) is 12.1 Å². The third kappa shape index (κ3) is 3.07. The van der Waals surface area contributed by atoms with E-state index in [1.165, 1.54) is 12.1 Å². The summed E-state index contributed by atoms with van der Waals surface area (Å²) in [5.41, 5.74) is 0.422. The summed E-state index contributed by atoms with van der Waals surface area (Å²) >= 11 is 0. The first kappa shape index (κ1) is 13.0. The van der Waals surface area contributed by atoms with Crippen molar-refractivity contribution in [3.63, 3.8) is 0 Å². The molecule has 0 radical (unpaired) electrons. The van der Waals surface area contributed by atoms with Crippen molar-refractivity contribution in [3.05, 3.63) is 29.6 Å². The molecule has 1 aliphatic rings. The Labute approximate surface area is 106 Å². The molecule has 0 spiro atoms. The Balaban J connectivity index is 2.20. The summed E-state index contributed by atoms with van der Waals surface area (Å²) in [6, 6.07) is 4.35. The number of hydrogen-bond donors (Lipinski definition) is 1. The normalized spacial score (nSPS) is 24.7. The Morgan fingerprint density at radius 3 is 2.83 bits per heavy atom. The molecule has 18 heavy (non-hydrogen) atoms. The van der Waals surface area contributed by atoms with Crippen molar-refractivity contribution in [2.24, 2.45) is 0 Å². The van der Waals surface area contributed by atoms with Gasteiger partial charge in [0.2, 0.25) is 0 Å². The van der Waals surface area contributed by atoms with Gasteiger partial charge in [-0.05, 0) is 44.4 Å². The van der Waals surface area contributed by atoms with Crippen molar-refractivity contribution in [2.45, 2.75) is 31.8 Å². The highest BCUT2D eigenvalue weighted by atomic mass is 19.1. The van der Waals surface area contributed by atoms with Gasteiger partial charge in [-0.15, -0.1) is 0 Å². The zero-order valence-electron chi connectivity index (χ0n) is 10.5. The Bertz CT molecular complexity index is 445. The van der Waals surface area contributed by atoms with Crippen molar-refractivity contribution in [2.75, 3.05) is 18.0 Å². The molecule has 1 heterocycles. The van der Waals surface area contributed by atoms with Gasteiger partial charge in [0, 0.05) is 24.3 Å². The molecule has 0 saturated carbocycles. The molecule has 98 valence electrons. The summed E-state index contributed by atoms with van der Waals surface area (Å²) in [5.74, 6) is -0.398. The molecule has 0 aromatic heterocycles. The van der Waals surface area contributed by atoms with Crippen LogP contribution in [0.3, 0.4) is 0 Å². The van der Waals surface area contributed by atoms with Crippen LogP contribution >= 0.6 is 0 Å². The van der Waals surface area contributed by atoms with Crippen LogP contribution in [0.25, 0.3) is 0 Å². The largest absolute Gasteiger partial charge is 0.390 e. The van der Waals surface area contributed by atoms with Crippen LogP contribution in [-0.2, 0) is 0 Å². The van der Waals surface area contributed by atoms with Crippen LogP contribution in [-0.4, -0.2) is 30.1 Å². The van der Waals surface area contributed by atoms with Crippen LogP contribution in [0, 0.1) is 5.82 Å². The number of anilines is 1. The Hall–Kier alpha value is -1.42. The lowest BCUT2D eigenvalue weighted by molar-refractivity contribution is 0.0481. The summed E-state index contributed by atoms with van der Waals surface area (Å²) in [6.45, 7) is 3.28. The molecule has 1 aliphatic heterocycles. The van der Waals surface area contributed by atoms with E-state index in [1.807, 2.05) is 11.8 Å². The number of halogens is 1. The van der Waals surface area contributed by atoms with Crippen LogP contribution in [0.4, 0.5) is 10.1 Å². The topological polar surface area (TPSA) is 40.5 Å². The SMILES string of the molecule is CC1(O)CCCN(c2cc(F)cc(C=O)c2)CC1. The molecule has 4 heteroatoms. The molecule has 1 aromatic rings. The number of carbonyl (C=O) groups is 1. The molecular formula is C14H18FNO2. The number of aliphatic hydroxyl groups is 1. The Morgan fingerprint density at radius 2 is 2.11 bits per heavy atom. The van der Waals surface area contributed by atoms with Gasteiger partial charge in [-0.25, -0.2) is 4.39 Å². The smallest absolute Gasteiger partial charge is 0.150 e. The minimum atomic E-state index is -0.643. The van der Waals surface area contributed by atoms with Crippen molar-refractivity contribution in [1.82, 2.24) is 0 Å². The van der Waals surface area contributed by atoms with Crippen molar-refractivity contribution in [3.8, 4) is 0 Å². The second-order valence-electron chi connectivity index (χ2n) is 5.20. The van der Waals surface area contributed by atoms with Gasteiger partial charge >= 0.3 is 0 Å². The minimum Gasteiger partial charge on any atom is -0.390 e. The van der Waals surface area contributed by atoms with Crippen LogP contribution in [0.15, 0.2) is 18.2 Å². The van der Waals surface area contributed by atoms with Crippen molar-refractivity contribution >= 4 is 12.0 Å². The van der Waals surface area contributed by atoms with E-state index in [4.69, 9.17) is 0 Å². The van der Waals surface area contributed by atoms with E-state index < -0.39 is 11.4 Å². The third-order valence-electron chi connectivity index (χ3n) is 3.47. The van der Waals surface area contributed by atoms with Crippen LogP contribution in [0.5, 0.6) is 0 Å². The molecule has 2 rings (SSSR count). The molecule has 1 fully saturated rings. The zero-order chi connectivity index (χ0) is 13.2. The number of nitrogens with zero attached hydrogens (tertiary/aromatic N) is 1. The summed E-state index contributed by atoms with van der Waals surface area (Å²) in [7, 11) is 0. The maximum Gasteiger partial charge on any atom is 0.150 e. The lowest BCUT2D eigenvalue weighted by Gasteiger charge is -2.24. The molecular weight excluding hydrogens is 233 g/mol. The predicted octanol–water partition coefficient (Wildman–Crippen LogP) is 2.38. The summed E-state index contributed by atoms with van der Waals surface area (Å²) < 4.78 is 13.4. The quantitative estimate of drug-likeness (QED) is 0.820. The lowest BCUT2D eigenvalue weighted by atomic mass is 9.98. The Kier molecular flexibility index (Phi) is 3.66. The van der Waals surface area contributed by atoms with Crippen LogP contribution < -0.4 is 4.90 Å². The minimum absolute atomic E-state index is 0.348. The van der Waals surface area contributed by atoms with Gasteiger partial charge in [0.15, 0.2) is 0 Å². The molecule has 1 saturated heterocycles. The van der Waals surface area contributed by atoms with Gasteiger partial charge in [-0.3, -0.25) is 4.79 Å². The number of aldehydes is 1. The molecule has 1 aromatic carbocycles. The summed E-state index contributed by atoms with van der Waals surface area (Å²) in [6.07, 6.45) is 2.92. The third-order valence-corrected chi connectivity index (χ3v) is 3.47. The van der Waals surface area contributed by atoms with E-state index >= 15 is 0 Å². The van der Waals surface area contributed by atoms with E-state index in [1.54, 1.807) is 6.07 Å². The highest BCUT2D eigenvalue weighted by Gasteiger charge is 2.25. The highest BCUT2D eigenvalue weighted by molar-refractivity contribution is 5.77. The van der Waals surface area contributed by atoms with E-state index in [9.17, 15) is 14.3 Å². The first-order valence-electron chi connectivity index (χ1n) is 6.23. The van der Waals surface area contributed by atoms with E-state index in [0.717, 1.165) is 25.1 Å². The lowest BCUT2D eigenvalue weighted by Crippen LogP contribution is -2.28. The monoisotopic (exact) mass is 251 g/mol. The summed E-state index contributed by atoms with van der Waals surface area (Å²) in [4.78, 5) is 12.8. The van der Waals surface area contributed by atoms with Gasteiger partial charge in [-0.2, -0.15) is 0 Å². The highest BCUT2D eigenvalue weighted by Crippen LogP contribution is 2.26. The van der Waals surface area contributed by atoms with Crippen molar-refractivity contribution in [1.29, 1.82) is 0 Å². The number of carbonyl (C=O) groups excluding carboxylic acids is 1. The fourth-order valence-corrected chi connectivity index (χ4v) is 2.37. The summed E-state index contributed by atoms with van der Waals surface area (Å²) in [5, 5.41) is 10.0. The fourth-order valence-electron chi connectivity index (χ4n) is 2.37. The van der Waals surface area contributed by atoms with Gasteiger partial charge < -0.3 is 10.0 Å². The van der Waals surface area contributed by atoms with E-state index in [-0.39, 0.29) is 0 Å². The predicted molar refractivity (Wildman–Crippen MR) is 68.5 cm³/mol. The number of benzene rings is 1. The fraction of sp³-hybridized carbons (Fsp3) is 0.500. The molecule has 1 unspecified atom stereocenters. The average Bonchev–Trinajstić information content (AvgIpc) is 2.49. The first-order valence-corrected chi connectivity index (χ1v) is 6.23. The number of rotatable bonds is 2. The first-order chi connectivity index (χ1) is 8.50. The maximum atomic E-state index is 13.4. The molecule has 0 bridgehead atoms. The molecule has 1 atom stereocenters. The molecule has 3 nitrogen and oxygen atoms in total. The second-order valence-corrected chi connectivity index (χ2v) is 5.20. The molecule has 0 aliphatic carbocycles. The van der Waals surface area contributed by atoms with E-state index in [2.05, 4.69) is 0 Å². The average molecular weight is 251 g/mol. The second kappa shape index (κ2) is 5.06. The Morgan fingerprint density at radius 1 is 1.33 bits per heavy atom. The molecule has 0 amide bonds. The van der Waals surface area contributed by atoms with Gasteiger partial charge in [0.25, 0.3) is 0 Å². The molecule has 1 N–H and O–H groups in total. The van der Waals surface area contributed by atoms with Crippen LogP contribution in [0.2, 0.25) is 0 Å².